The summed E-state index contributed by atoms with van der Waals surface area (Å²) in [6, 6.07) is 15.2. The lowest BCUT2D eigenvalue weighted by atomic mass is 10.2. The SMILES string of the molecule is O=C(NCc1ccc(N2CCOCC2)nc1)c1cc(OCc2ccccc2)ncn1. The predicted octanol–water partition coefficient (Wildman–Crippen LogP) is 2.22. The number of benzene rings is 1. The maximum Gasteiger partial charge on any atom is 0.270 e. The fraction of sp³-hybridized carbons (Fsp3) is 0.273. The van der Waals surface area contributed by atoms with E-state index in [1.54, 1.807) is 6.20 Å². The number of aromatic nitrogens is 3. The molecular weight excluding hydrogens is 382 g/mol. The number of amides is 1. The highest BCUT2D eigenvalue weighted by molar-refractivity contribution is 5.92. The van der Waals surface area contributed by atoms with Gasteiger partial charge in [-0.3, -0.25) is 4.79 Å². The Balaban J connectivity index is 1.30. The summed E-state index contributed by atoms with van der Waals surface area (Å²) in [5, 5.41) is 2.86. The fourth-order valence-electron chi connectivity index (χ4n) is 3.05. The van der Waals surface area contributed by atoms with Gasteiger partial charge in [0.2, 0.25) is 5.88 Å². The smallest absolute Gasteiger partial charge is 0.270 e. The third-order valence-corrected chi connectivity index (χ3v) is 4.70. The lowest BCUT2D eigenvalue weighted by molar-refractivity contribution is 0.0945. The molecule has 2 aromatic heterocycles. The van der Waals surface area contributed by atoms with E-state index in [1.165, 1.54) is 12.4 Å². The van der Waals surface area contributed by atoms with E-state index in [1.807, 2.05) is 42.5 Å². The number of carbonyl (C=O) groups is 1. The molecule has 1 N–H and O–H groups in total. The van der Waals surface area contributed by atoms with E-state index in [0.717, 1.165) is 43.2 Å². The maximum atomic E-state index is 12.5. The molecule has 0 spiro atoms. The minimum Gasteiger partial charge on any atom is -0.473 e. The molecule has 3 aromatic rings. The molecule has 0 aliphatic carbocycles. The first-order chi connectivity index (χ1) is 14.8. The molecule has 1 aliphatic heterocycles. The third kappa shape index (κ3) is 5.30. The summed E-state index contributed by atoms with van der Waals surface area (Å²) < 4.78 is 11.0. The van der Waals surface area contributed by atoms with Crippen LogP contribution in [0.15, 0.2) is 61.1 Å². The molecule has 0 bridgehead atoms. The van der Waals surface area contributed by atoms with Crippen molar-refractivity contribution in [2.24, 2.45) is 0 Å². The van der Waals surface area contributed by atoms with Gasteiger partial charge in [0.15, 0.2) is 0 Å². The molecule has 1 fully saturated rings. The van der Waals surface area contributed by atoms with E-state index in [-0.39, 0.29) is 11.6 Å². The summed E-state index contributed by atoms with van der Waals surface area (Å²) in [5.74, 6) is 0.985. The first-order valence-corrected chi connectivity index (χ1v) is 9.82. The average molecular weight is 405 g/mol. The van der Waals surface area contributed by atoms with Crippen molar-refractivity contribution in [3.05, 3.63) is 77.9 Å². The van der Waals surface area contributed by atoms with Crippen LogP contribution in [0.25, 0.3) is 0 Å². The van der Waals surface area contributed by atoms with Gasteiger partial charge in [0.1, 0.15) is 24.4 Å². The molecule has 0 atom stereocenters. The molecule has 0 saturated carbocycles. The molecule has 154 valence electrons. The van der Waals surface area contributed by atoms with Gasteiger partial charge in [0, 0.05) is 31.9 Å². The normalized spacial score (nSPS) is 13.7. The van der Waals surface area contributed by atoms with Crippen molar-refractivity contribution in [3.63, 3.8) is 0 Å². The monoisotopic (exact) mass is 405 g/mol. The van der Waals surface area contributed by atoms with Gasteiger partial charge >= 0.3 is 0 Å². The van der Waals surface area contributed by atoms with Gasteiger partial charge in [-0.25, -0.2) is 15.0 Å². The van der Waals surface area contributed by atoms with Crippen molar-refractivity contribution in [1.29, 1.82) is 0 Å². The number of morpholine rings is 1. The van der Waals surface area contributed by atoms with Crippen molar-refractivity contribution in [3.8, 4) is 5.88 Å². The molecule has 1 amide bonds. The molecule has 30 heavy (non-hydrogen) atoms. The van der Waals surface area contributed by atoms with Crippen molar-refractivity contribution in [1.82, 2.24) is 20.3 Å². The predicted molar refractivity (Wildman–Crippen MR) is 111 cm³/mol. The molecular formula is C22H23N5O3. The van der Waals surface area contributed by atoms with Crippen LogP contribution in [-0.4, -0.2) is 47.2 Å². The highest BCUT2D eigenvalue weighted by Crippen LogP contribution is 2.14. The minimum atomic E-state index is -0.292. The molecule has 1 saturated heterocycles. The summed E-state index contributed by atoms with van der Waals surface area (Å²) in [5.41, 5.74) is 2.19. The number of hydrogen-bond donors (Lipinski definition) is 1. The summed E-state index contributed by atoms with van der Waals surface area (Å²) >= 11 is 0. The van der Waals surface area contributed by atoms with E-state index >= 15 is 0 Å². The third-order valence-electron chi connectivity index (χ3n) is 4.70. The first-order valence-electron chi connectivity index (χ1n) is 9.82. The van der Waals surface area contributed by atoms with Crippen molar-refractivity contribution in [2.45, 2.75) is 13.2 Å². The van der Waals surface area contributed by atoms with Gasteiger partial charge in [0.25, 0.3) is 5.91 Å². The van der Waals surface area contributed by atoms with Crippen LogP contribution in [0, 0.1) is 0 Å². The Morgan fingerprint density at radius 2 is 1.87 bits per heavy atom. The summed E-state index contributed by atoms with van der Waals surface area (Å²) in [7, 11) is 0. The van der Waals surface area contributed by atoms with E-state index < -0.39 is 0 Å². The van der Waals surface area contributed by atoms with Crippen molar-refractivity contribution < 1.29 is 14.3 Å². The lowest BCUT2D eigenvalue weighted by Crippen LogP contribution is -2.36. The molecule has 1 aliphatic rings. The largest absolute Gasteiger partial charge is 0.473 e. The standard InChI is InChI=1S/C22H23N5O3/c28-22(19-12-21(26-16-25-19)30-15-17-4-2-1-3-5-17)24-14-18-6-7-20(23-13-18)27-8-10-29-11-9-27/h1-7,12-13,16H,8-11,14-15H2,(H,24,28). The maximum absolute atomic E-state index is 12.5. The van der Waals surface area contributed by atoms with Crippen LogP contribution in [-0.2, 0) is 17.9 Å². The highest BCUT2D eigenvalue weighted by atomic mass is 16.5. The highest BCUT2D eigenvalue weighted by Gasteiger charge is 2.13. The second kappa shape index (κ2) is 9.80. The molecule has 3 heterocycles. The lowest BCUT2D eigenvalue weighted by Gasteiger charge is -2.27. The molecule has 4 rings (SSSR count). The number of nitrogens with zero attached hydrogens (tertiary/aromatic N) is 4. The van der Waals surface area contributed by atoms with Crippen molar-refractivity contribution in [2.75, 3.05) is 31.2 Å². The van der Waals surface area contributed by atoms with Crippen LogP contribution in [0.3, 0.4) is 0 Å². The number of ether oxygens (including phenoxy) is 2. The molecule has 1 aromatic carbocycles. The van der Waals surface area contributed by atoms with E-state index in [9.17, 15) is 4.79 Å². The molecule has 0 radical (unpaired) electrons. The van der Waals surface area contributed by atoms with Gasteiger partial charge < -0.3 is 19.7 Å². The number of pyridine rings is 1. The molecule has 0 unspecified atom stereocenters. The summed E-state index contributed by atoms with van der Waals surface area (Å²) in [6.45, 7) is 3.85. The van der Waals surface area contributed by atoms with Gasteiger partial charge in [0.05, 0.1) is 13.2 Å². The van der Waals surface area contributed by atoms with Gasteiger partial charge in [-0.05, 0) is 17.2 Å². The average Bonchev–Trinajstić information content (AvgIpc) is 2.83. The Labute approximate surface area is 174 Å². The zero-order valence-corrected chi connectivity index (χ0v) is 16.5. The second-order valence-corrected chi connectivity index (χ2v) is 6.82. The van der Waals surface area contributed by atoms with Crippen LogP contribution in [0.4, 0.5) is 5.82 Å². The molecule has 8 nitrogen and oxygen atoms in total. The number of anilines is 1. The number of nitrogens with one attached hydrogen (secondary N) is 1. The first kappa shape index (κ1) is 19.8. The van der Waals surface area contributed by atoms with Crippen LogP contribution in [0.5, 0.6) is 5.88 Å². The number of hydrogen-bond acceptors (Lipinski definition) is 7. The number of rotatable bonds is 7. The van der Waals surface area contributed by atoms with Crippen LogP contribution < -0.4 is 15.0 Å². The quantitative estimate of drug-likeness (QED) is 0.645. The fourth-order valence-corrected chi connectivity index (χ4v) is 3.05. The Morgan fingerprint density at radius 1 is 1.03 bits per heavy atom. The zero-order valence-electron chi connectivity index (χ0n) is 16.5. The molecule has 8 heteroatoms. The second-order valence-electron chi connectivity index (χ2n) is 6.82. The Hall–Kier alpha value is -3.52. The number of carbonyl (C=O) groups excluding carboxylic acids is 1. The summed E-state index contributed by atoms with van der Waals surface area (Å²) in [4.78, 5) is 27.3. The van der Waals surface area contributed by atoms with E-state index in [4.69, 9.17) is 9.47 Å². The van der Waals surface area contributed by atoms with Gasteiger partial charge in [-0.1, -0.05) is 36.4 Å². The van der Waals surface area contributed by atoms with Gasteiger partial charge in [-0.2, -0.15) is 0 Å². The van der Waals surface area contributed by atoms with Crippen LogP contribution >= 0.6 is 0 Å². The minimum absolute atomic E-state index is 0.256. The topological polar surface area (TPSA) is 89.5 Å². The zero-order chi connectivity index (χ0) is 20.6. The summed E-state index contributed by atoms with van der Waals surface area (Å²) in [6.07, 6.45) is 3.10. The Morgan fingerprint density at radius 3 is 2.63 bits per heavy atom. The van der Waals surface area contributed by atoms with Crippen LogP contribution in [0.1, 0.15) is 21.6 Å². The van der Waals surface area contributed by atoms with Crippen molar-refractivity contribution >= 4 is 11.7 Å². The van der Waals surface area contributed by atoms with E-state index in [0.29, 0.717) is 19.0 Å². The van der Waals surface area contributed by atoms with Crippen LogP contribution in [0.2, 0.25) is 0 Å². The Kier molecular flexibility index (Phi) is 6.46. The van der Waals surface area contributed by atoms with E-state index in [2.05, 4.69) is 25.2 Å². The Bertz CT molecular complexity index is 960. The van der Waals surface area contributed by atoms with Gasteiger partial charge in [-0.15, -0.1) is 0 Å².